The Balaban J connectivity index is 2.11. The summed E-state index contributed by atoms with van der Waals surface area (Å²) in [7, 11) is 0. The molecule has 13 N–H and O–H groups in total. The monoisotopic (exact) mass is 796 g/mol. The zero-order chi connectivity index (χ0) is 42.3. The highest BCUT2D eigenvalue weighted by Gasteiger charge is 2.42. The van der Waals surface area contributed by atoms with E-state index < -0.39 is 127 Å². The highest BCUT2D eigenvalue weighted by Crippen LogP contribution is 2.23. The summed E-state index contributed by atoms with van der Waals surface area (Å²) in [4.78, 5) is 119. The fraction of sp³-hybridized carbons (Fsp3) is 0.743. The first-order valence-corrected chi connectivity index (χ1v) is 19.0. The SMILES string of the molecule is CC(C)C(NC(=O)C1CCCN1C(=O)C(NC(=O)C1CCCN1C(=O)CNC(=O)C(CC(N)=O)NC(=O)C(CCCCN)NC(=O)C(N)CO)C(C)C)C(=O)O. The number of likely N-dealkylation sites (tertiary alicyclic amines) is 2. The van der Waals surface area contributed by atoms with Gasteiger partial charge in [0.15, 0.2) is 0 Å². The summed E-state index contributed by atoms with van der Waals surface area (Å²) in [6, 6.07) is -8.21. The van der Waals surface area contributed by atoms with Crippen LogP contribution < -0.4 is 43.8 Å². The summed E-state index contributed by atoms with van der Waals surface area (Å²) in [6.07, 6.45) is 1.85. The molecule has 316 valence electrons. The second-order valence-corrected chi connectivity index (χ2v) is 14.8. The normalized spacial score (nSPS) is 19.4. The van der Waals surface area contributed by atoms with Crippen molar-refractivity contribution >= 4 is 53.2 Å². The average molecular weight is 797 g/mol. The van der Waals surface area contributed by atoms with Crippen LogP contribution in [0, 0.1) is 11.8 Å². The molecule has 56 heavy (non-hydrogen) atoms. The Hall–Kier alpha value is -4.89. The highest BCUT2D eigenvalue weighted by atomic mass is 16.4. The molecule has 2 aliphatic rings. The number of aliphatic hydroxyl groups is 1. The van der Waals surface area contributed by atoms with Crippen LogP contribution in [-0.4, -0.2) is 148 Å². The molecule has 0 aromatic heterocycles. The van der Waals surface area contributed by atoms with Gasteiger partial charge in [0.25, 0.3) is 0 Å². The van der Waals surface area contributed by atoms with Crippen LogP contribution in [0.5, 0.6) is 0 Å². The number of carboxylic acids is 1. The lowest BCUT2D eigenvalue weighted by Gasteiger charge is -2.32. The fourth-order valence-electron chi connectivity index (χ4n) is 6.54. The Morgan fingerprint density at radius 2 is 1.27 bits per heavy atom. The number of rotatable bonds is 22. The average Bonchev–Trinajstić information content (AvgIpc) is 3.84. The summed E-state index contributed by atoms with van der Waals surface area (Å²) in [5, 5.41) is 31.2. The van der Waals surface area contributed by atoms with Crippen LogP contribution >= 0.6 is 0 Å². The maximum Gasteiger partial charge on any atom is 0.326 e. The van der Waals surface area contributed by atoms with E-state index in [4.69, 9.17) is 17.2 Å². The highest BCUT2D eigenvalue weighted by molar-refractivity contribution is 5.98. The number of unbranched alkanes of at least 4 members (excludes halogenated alkanes) is 1. The number of amides is 8. The number of hydrogen-bond acceptors (Lipinski definition) is 12. The van der Waals surface area contributed by atoms with Gasteiger partial charge in [-0.05, 0) is 63.3 Å². The quantitative estimate of drug-likeness (QED) is 0.0465. The van der Waals surface area contributed by atoms with Crippen LogP contribution in [0.15, 0.2) is 0 Å². The minimum Gasteiger partial charge on any atom is -0.480 e. The first-order valence-electron chi connectivity index (χ1n) is 19.0. The molecule has 7 atom stereocenters. The van der Waals surface area contributed by atoms with Crippen molar-refractivity contribution in [2.24, 2.45) is 29.0 Å². The van der Waals surface area contributed by atoms with Gasteiger partial charge in [0.1, 0.15) is 42.3 Å². The number of primary amides is 1. The van der Waals surface area contributed by atoms with Gasteiger partial charge in [0.2, 0.25) is 47.3 Å². The van der Waals surface area contributed by atoms with E-state index in [0.29, 0.717) is 38.6 Å². The van der Waals surface area contributed by atoms with E-state index in [1.54, 1.807) is 27.7 Å². The third-order valence-corrected chi connectivity index (χ3v) is 9.74. The standard InChI is InChI=1S/C35H60N10O11/c1-18(2)27(34(54)45-14-8-11-24(45)33(53)43-28(19(3)4)35(55)56)42-32(52)23-10-7-13-44(23)26(48)16-39-30(50)22(15-25(38)47)41-31(51)21(9-5-6-12-36)40-29(49)20(37)17-46/h18-24,27-28,46H,5-17,36-37H2,1-4H3,(H2,38,47)(H,39,50)(H,40,49)(H,41,51)(H,42,52)(H,43,53)(H,55,56). The predicted octanol–water partition coefficient (Wildman–Crippen LogP) is -4.26. The van der Waals surface area contributed by atoms with Gasteiger partial charge >= 0.3 is 5.97 Å². The minimum atomic E-state index is -1.54. The smallest absolute Gasteiger partial charge is 0.326 e. The molecule has 2 aliphatic heterocycles. The molecule has 21 heteroatoms. The fourth-order valence-corrected chi connectivity index (χ4v) is 6.54. The van der Waals surface area contributed by atoms with E-state index in [-0.39, 0.29) is 25.9 Å². The summed E-state index contributed by atoms with van der Waals surface area (Å²) < 4.78 is 0. The number of nitrogens with zero attached hydrogens (tertiary/aromatic N) is 2. The van der Waals surface area contributed by atoms with Gasteiger partial charge in [0.05, 0.1) is 19.6 Å². The topological polar surface area (TPSA) is 339 Å². The molecule has 2 heterocycles. The number of carbonyl (C=O) groups is 9. The van der Waals surface area contributed by atoms with Crippen LogP contribution in [0.1, 0.15) is 79.1 Å². The summed E-state index contributed by atoms with van der Waals surface area (Å²) >= 11 is 0. The molecule has 0 saturated carbocycles. The van der Waals surface area contributed by atoms with Gasteiger partial charge in [-0.1, -0.05) is 27.7 Å². The van der Waals surface area contributed by atoms with Crippen LogP contribution in [0.2, 0.25) is 0 Å². The third-order valence-electron chi connectivity index (χ3n) is 9.74. The number of aliphatic carboxylic acids is 1. The molecular weight excluding hydrogens is 736 g/mol. The first kappa shape index (κ1) is 47.3. The van der Waals surface area contributed by atoms with E-state index in [0.717, 1.165) is 0 Å². The Morgan fingerprint density at radius 1 is 0.732 bits per heavy atom. The number of nitrogens with one attached hydrogen (secondary N) is 5. The molecule has 2 fully saturated rings. The second kappa shape index (κ2) is 22.6. The molecule has 0 aliphatic carbocycles. The number of nitrogens with two attached hydrogens (primary N) is 3. The van der Waals surface area contributed by atoms with Crippen molar-refractivity contribution in [3.05, 3.63) is 0 Å². The Kier molecular flexibility index (Phi) is 19.1. The minimum absolute atomic E-state index is 0.0947. The summed E-state index contributed by atoms with van der Waals surface area (Å²) in [5.74, 6) is -8.00. The molecule has 0 aromatic carbocycles. The van der Waals surface area contributed by atoms with Gasteiger partial charge in [-0.15, -0.1) is 0 Å². The number of hydrogen-bond donors (Lipinski definition) is 10. The number of carboxylic acid groups (broad SMARTS) is 1. The molecule has 21 nitrogen and oxygen atoms in total. The molecule has 7 unspecified atom stereocenters. The lowest BCUT2D eigenvalue weighted by Crippen LogP contribution is -2.59. The van der Waals surface area contributed by atoms with Gasteiger partial charge in [-0.2, -0.15) is 0 Å². The molecular formula is C35H60N10O11. The Labute approximate surface area is 325 Å². The van der Waals surface area contributed by atoms with Crippen molar-refractivity contribution < 1.29 is 53.4 Å². The first-order chi connectivity index (χ1) is 26.3. The maximum atomic E-state index is 13.8. The van der Waals surface area contributed by atoms with Crippen LogP contribution in [0.25, 0.3) is 0 Å². The van der Waals surface area contributed by atoms with Gasteiger partial charge in [-0.3, -0.25) is 38.4 Å². The zero-order valence-electron chi connectivity index (χ0n) is 32.6. The Bertz CT molecular complexity index is 1440. The molecule has 0 spiro atoms. The van der Waals surface area contributed by atoms with E-state index in [9.17, 15) is 53.4 Å². The summed E-state index contributed by atoms with van der Waals surface area (Å²) in [5.41, 5.74) is 16.4. The van der Waals surface area contributed by atoms with E-state index in [1.807, 2.05) is 0 Å². The predicted molar refractivity (Wildman–Crippen MR) is 199 cm³/mol. The van der Waals surface area contributed by atoms with E-state index in [2.05, 4.69) is 26.6 Å². The van der Waals surface area contributed by atoms with Crippen molar-refractivity contribution in [3.8, 4) is 0 Å². The number of carbonyl (C=O) groups excluding carboxylic acids is 8. The molecule has 0 bridgehead atoms. The largest absolute Gasteiger partial charge is 0.480 e. The van der Waals surface area contributed by atoms with Crippen molar-refractivity contribution in [1.29, 1.82) is 0 Å². The lowest BCUT2D eigenvalue weighted by atomic mass is 10.0. The van der Waals surface area contributed by atoms with Crippen LogP contribution in [0.3, 0.4) is 0 Å². The summed E-state index contributed by atoms with van der Waals surface area (Å²) in [6.45, 7) is 6.10. The van der Waals surface area contributed by atoms with Crippen LogP contribution in [0.4, 0.5) is 0 Å². The third kappa shape index (κ3) is 13.7. The van der Waals surface area contributed by atoms with Crippen molar-refractivity contribution in [2.75, 3.05) is 32.8 Å². The van der Waals surface area contributed by atoms with Crippen molar-refractivity contribution in [1.82, 2.24) is 36.4 Å². The molecule has 0 radical (unpaired) electrons. The number of aliphatic hydroxyl groups excluding tert-OH is 1. The molecule has 2 rings (SSSR count). The lowest BCUT2D eigenvalue weighted by molar-refractivity contribution is -0.146. The zero-order valence-corrected chi connectivity index (χ0v) is 32.6. The van der Waals surface area contributed by atoms with E-state index in [1.165, 1.54) is 9.80 Å². The van der Waals surface area contributed by atoms with Gasteiger partial charge in [-0.25, -0.2) is 4.79 Å². The van der Waals surface area contributed by atoms with E-state index >= 15 is 0 Å². The van der Waals surface area contributed by atoms with Crippen LogP contribution in [-0.2, 0) is 43.2 Å². The van der Waals surface area contributed by atoms with Crippen molar-refractivity contribution in [2.45, 2.75) is 121 Å². The van der Waals surface area contributed by atoms with Gasteiger partial charge in [0, 0.05) is 13.1 Å². The second-order valence-electron chi connectivity index (χ2n) is 14.8. The van der Waals surface area contributed by atoms with Gasteiger partial charge < -0.3 is 63.8 Å². The molecule has 2 saturated heterocycles. The Morgan fingerprint density at radius 3 is 1.79 bits per heavy atom. The molecule has 0 aromatic rings. The van der Waals surface area contributed by atoms with Crippen molar-refractivity contribution in [3.63, 3.8) is 0 Å². The molecule has 8 amide bonds. The maximum absolute atomic E-state index is 13.8.